The number of piperidine rings is 1. The third-order valence-corrected chi connectivity index (χ3v) is 6.58. The lowest BCUT2D eigenvalue weighted by molar-refractivity contribution is 0.342. The van der Waals surface area contributed by atoms with Gasteiger partial charge in [0.25, 0.3) is 0 Å². The maximum atomic E-state index is 4.64. The molecule has 0 radical (unpaired) electrons. The summed E-state index contributed by atoms with van der Waals surface area (Å²) < 4.78 is 9.20. The minimum absolute atomic E-state index is 0.643. The molecule has 0 N–H and O–H groups in total. The molecule has 2 fully saturated rings. The van der Waals surface area contributed by atoms with E-state index < -0.39 is 0 Å². The number of benzene rings is 1. The molecule has 22 heavy (non-hydrogen) atoms. The zero-order valence-corrected chi connectivity index (χ0v) is 14.3. The van der Waals surface area contributed by atoms with Gasteiger partial charge in [0.15, 0.2) is 0 Å². The number of aryl methyl sites for hydroxylation is 1. The molecule has 2 unspecified atom stereocenters. The molecule has 0 spiro atoms. The summed E-state index contributed by atoms with van der Waals surface area (Å²) in [5.41, 5.74) is 2.72. The lowest BCUT2D eigenvalue weighted by Gasteiger charge is -2.20. The number of nitrogens with zero attached hydrogens (tertiary/aromatic N) is 3. The summed E-state index contributed by atoms with van der Waals surface area (Å²) in [6.45, 7) is 3.77. The van der Waals surface area contributed by atoms with Crippen molar-refractivity contribution in [3.05, 3.63) is 41.6 Å². The molecule has 0 saturated carbocycles. The predicted octanol–water partition coefficient (Wildman–Crippen LogP) is 3.68. The zero-order valence-electron chi connectivity index (χ0n) is 12.6. The summed E-state index contributed by atoms with van der Waals surface area (Å²) in [5.74, 6) is 2.60. The Balaban J connectivity index is 1.31. The largest absolute Gasteiger partial charge is 0.302 e. The van der Waals surface area contributed by atoms with Gasteiger partial charge in [0.05, 0.1) is 17.4 Å². The van der Waals surface area contributed by atoms with Crippen LogP contribution in [0.1, 0.15) is 30.0 Å². The molecule has 2 bridgehead atoms. The van der Waals surface area contributed by atoms with Crippen LogP contribution >= 0.6 is 23.5 Å². The average molecular weight is 332 g/mol. The first-order valence-corrected chi connectivity index (χ1v) is 9.83. The second-order valence-corrected chi connectivity index (χ2v) is 7.92. The topological polar surface area (TPSA) is 29.0 Å². The molecule has 1 aromatic carbocycles. The summed E-state index contributed by atoms with van der Waals surface area (Å²) in [4.78, 5) is 2.58. The van der Waals surface area contributed by atoms with E-state index in [4.69, 9.17) is 0 Å². The minimum atomic E-state index is 0.643. The Bertz CT molecular complexity index is 613. The average Bonchev–Trinajstić information content (AvgIpc) is 3.28. The number of rotatable bonds is 6. The highest BCUT2D eigenvalue weighted by Crippen LogP contribution is 2.42. The van der Waals surface area contributed by atoms with Crippen molar-refractivity contribution in [1.29, 1.82) is 0 Å². The highest BCUT2D eigenvalue weighted by Gasteiger charge is 2.41. The van der Waals surface area contributed by atoms with E-state index in [1.165, 1.54) is 60.5 Å². The SMILES string of the molecule is c1ccc(CCCSc2nsnc2[C@H]2CN3CCC2C3)cc1. The van der Waals surface area contributed by atoms with Crippen LogP contribution in [-0.2, 0) is 6.42 Å². The molecule has 4 rings (SSSR count). The fourth-order valence-corrected chi connectivity index (χ4v) is 5.41. The normalized spacial score (nSPS) is 26.6. The maximum Gasteiger partial charge on any atom is 0.134 e. The molecule has 5 heteroatoms. The van der Waals surface area contributed by atoms with Gasteiger partial charge in [0.2, 0.25) is 0 Å². The Labute approximate surface area is 140 Å². The fourth-order valence-electron chi connectivity index (χ4n) is 3.70. The van der Waals surface area contributed by atoms with Crippen molar-refractivity contribution < 1.29 is 0 Å². The van der Waals surface area contributed by atoms with E-state index >= 15 is 0 Å². The second kappa shape index (κ2) is 6.69. The van der Waals surface area contributed by atoms with Crippen molar-refractivity contribution in [3.8, 4) is 0 Å². The smallest absolute Gasteiger partial charge is 0.134 e. The van der Waals surface area contributed by atoms with Gasteiger partial charge in [-0.3, -0.25) is 0 Å². The van der Waals surface area contributed by atoms with E-state index in [0.717, 1.165) is 18.1 Å². The van der Waals surface area contributed by atoms with Gasteiger partial charge in [-0.15, -0.1) is 11.8 Å². The van der Waals surface area contributed by atoms with Crippen LogP contribution in [0.5, 0.6) is 0 Å². The molecule has 0 amide bonds. The van der Waals surface area contributed by atoms with E-state index in [1.54, 1.807) is 0 Å². The quantitative estimate of drug-likeness (QED) is 0.596. The van der Waals surface area contributed by atoms with Crippen LogP contribution < -0.4 is 0 Å². The Kier molecular flexibility index (Phi) is 4.46. The van der Waals surface area contributed by atoms with Gasteiger partial charge in [0.1, 0.15) is 5.03 Å². The number of thioether (sulfide) groups is 1. The lowest BCUT2D eigenvalue weighted by Crippen LogP contribution is -2.22. The van der Waals surface area contributed by atoms with E-state index in [2.05, 4.69) is 44.0 Å². The van der Waals surface area contributed by atoms with Crippen molar-refractivity contribution in [1.82, 2.24) is 13.6 Å². The zero-order chi connectivity index (χ0) is 14.8. The fraction of sp³-hybridized carbons (Fsp3) is 0.529. The minimum Gasteiger partial charge on any atom is -0.302 e. The monoisotopic (exact) mass is 331 g/mol. The first-order chi connectivity index (χ1) is 10.9. The van der Waals surface area contributed by atoms with E-state index in [0.29, 0.717) is 5.92 Å². The first kappa shape index (κ1) is 14.7. The Morgan fingerprint density at radius 3 is 2.86 bits per heavy atom. The summed E-state index contributed by atoms with van der Waals surface area (Å²) in [6.07, 6.45) is 3.70. The third-order valence-electron chi connectivity index (χ3n) is 4.86. The number of hydrogen-bond donors (Lipinski definition) is 0. The van der Waals surface area contributed by atoms with Gasteiger partial charge >= 0.3 is 0 Å². The van der Waals surface area contributed by atoms with Crippen molar-refractivity contribution in [2.45, 2.75) is 30.2 Å². The molecule has 3 atom stereocenters. The van der Waals surface area contributed by atoms with Gasteiger partial charge in [-0.25, -0.2) is 0 Å². The maximum absolute atomic E-state index is 4.64. The van der Waals surface area contributed by atoms with Crippen molar-refractivity contribution >= 4 is 23.5 Å². The number of aromatic nitrogens is 2. The Hall–Kier alpha value is -0.910. The molecule has 1 aromatic heterocycles. The Morgan fingerprint density at radius 1 is 1.18 bits per heavy atom. The van der Waals surface area contributed by atoms with Gasteiger partial charge in [-0.05, 0) is 43.0 Å². The molecular formula is C17H21N3S2. The predicted molar refractivity (Wildman–Crippen MR) is 92.7 cm³/mol. The van der Waals surface area contributed by atoms with Gasteiger partial charge in [-0.1, -0.05) is 30.3 Å². The summed E-state index contributed by atoms with van der Waals surface area (Å²) in [6, 6.07) is 10.7. The molecular weight excluding hydrogens is 310 g/mol. The standard InChI is InChI=1S/C17H21N3S2/c1-2-5-13(6-3-1)7-4-10-21-17-16(18-22-19-17)15-12-20-9-8-14(15)11-20/h1-3,5-6,14-15H,4,7-12H2/t14?,15-/m0/s1. The van der Waals surface area contributed by atoms with Gasteiger partial charge < -0.3 is 4.90 Å². The van der Waals surface area contributed by atoms with Crippen LogP contribution in [0.3, 0.4) is 0 Å². The first-order valence-electron chi connectivity index (χ1n) is 8.11. The number of fused-ring (bicyclic) bond motifs is 2. The molecule has 2 aliphatic rings. The summed E-state index contributed by atoms with van der Waals surface area (Å²) in [7, 11) is 0. The third kappa shape index (κ3) is 3.07. The van der Waals surface area contributed by atoms with Crippen LogP contribution in [0.15, 0.2) is 35.4 Å². The molecule has 3 nitrogen and oxygen atoms in total. The lowest BCUT2D eigenvalue weighted by atomic mass is 9.90. The van der Waals surface area contributed by atoms with E-state index in [-0.39, 0.29) is 0 Å². The highest BCUT2D eigenvalue weighted by molar-refractivity contribution is 7.99. The molecule has 3 heterocycles. The molecule has 2 saturated heterocycles. The number of hydrogen-bond acceptors (Lipinski definition) is 5. The van der Waals surface area contributed by atoms with Gasteiger partial charge in [0, 0.05) is 19.0 Å². The second-order valence-electron chi connectivity index (χ2n) is 6.31. The molecule has 0 aliphatic carbocycles. The van der Waals surface area contributed by atoms with Crippen molar-refractivity contribution in [2.24, 2.45) is 5.92 Å². The highest BCUT2D eigenvalue weighted by atomic mass is 32.2. The van der Waals surface area contributed by atoms with Crippen LogP contribution in [0.4, 0.5) is 0 Å². The van der Waals surface area contributed by atoms with Crippen molar-refractivity contribution in [2.75, 3.05) is 25.4 Å². The molecule has 2 aromatic rings. The van der Waals surface area contributed by atoms with Crippen LogP contribution in [-0.4, -0.2) is 39.0 Å². The molecule has 2 aliphatic heterocycles. The summed E-state index contributed by atoms with van der Waals surface area (Å²) >= 11 is 3.30. The van der Waals surface area contributed by atoms with E-state index in [1.807, 2.05) is 11.8 Å². The van der Waals surface area contributed by atoms with Crippen LogP contribution in [0.2, 0.25) is 0 Å². The van der Waals surface area contributed by atoms with Crippen LogP contribution in [0.25, 0.3) is 0 Å². The van der Waals surface area contributed by atoms with Crippen LogP contribution in [0, 0.1) is 5.92 Å². The molecule has 116 valence electrons. The van der Waals surface area contributed by atoms with Gasteiger partial charge in [-0.2, -0.15) is 8.75 Å². The summed E-state index contributed by atoms with van der Waals surface area (Å²) in [5, 5.41) is 1.21. The van der Waals surface area contributed by atoms with Crippen molar-refractivity contribution in [3.63, 3.8) is 0 Å². The van der Waals surface area contributed by atoms with E-state index in [9.17, 15) is 0 Å². The Morgan fingerprint density at radius 2 is 2.09 bits per heavy atom.